The summed E-state index contributed by atoms with van der Waals surface area (Å²) in [6, 6.07) is 7.34. The summed E-state index contributed by atoms with van der Waals surface area (Å²) in [7, 11) is 0. The van der Waals surface area contributed by atoms with Crippen LogP contribution in [0.1, 0.15) is 76.8 Å². The van der Waals surface area contributed by atoms with E-state index in [-0.39, 0.29) is 23.9 Å². The van der Waals surface area contributed by atoms with Crippen LogP contribution < -0.4 is 5.32 Å². The largest absolute Gasteiger partial charge is 0.459 e. The lowest BCUT2D eigenvalue weighted by Crippen LogP contribution is -2.24. The minimum Gasteiger partial charge on any atom is -0.459 e. The molecule has 1 aliphatic heterocycles. The van der Waals surface area contributed by atoms with E-state index in [1.165, 1.54) is 11.3 Å². The fraction of sp³-hybridized carbons (Fsp3) is 0.480. The van der Waals surface area contributed by atoms with E-state index in [1.807, 2.05) is 36.9 Å². The third kappa shape index (κ3) is 4.88. The predicted octanol–water partition coefficient (Wildman–Crippen LogP) is 4.81. The predicted molar refractivity (Wildman–Crippen MR) is 125 cm³/mol. The molecule has 1 saturated heterocycles. The van der Waals surface area contributed by atoms with Crippen molar-refractivity contribution in [3.8, 4) is 0 Å². The molecule has 2 aromatic rings. The smallest absolute Gasteiger partial charge is 0.341 e. The fourth-order valence-corrected chi connectivity index (χ4v) is 5.80. The molecule has 6 nitrogen and oxygen atoms in total. The molecule has 1 N–H and O–H groups in total. The number of carbonyl (C=O) groups excluding carboxylic acids is 3. The first-order valence-electron chi connectivity index (χ1n) is 11.4. The van der Waals surface area contributed by atoms with Crippen molar-refractivity contribution in [2.45, 2.75) is 65.5 Å². The Kier molecular flexibility index (Phi) is 6.65. The first-order chi connectivity index (χ1) is 15.3. The lowest BCUT2D eigenvalue weighted by atomic mass is 9.88. The molecule has 32 heavy (non-hydrogen) atoms. The number of nitrogens with one attached hydrogen (secondary N) is 1. The number of hydrogen-bond acceptors (Lipinski definition) is 5. The second kappa shape index (κ2) is 9.45. The number of anilines is 1. The molecule has 1 aliphatic carbocycles. The Balaban J connectivity index is 1.57. The van der Waals surface area contributed by atoms with Gasteiger partial charge in [0.1, 0.15) is 5.00 Å². The van der Waals surface area contributed by atoms with Crippen LogP contribution in [0, 0.1) is 5.92 Å². The summed E-state index contributed by atoms with van der Waals surface area (Å²) in [5.74, 6) is 0.0868. The van der Waals surface area contributed by atoms with Crippen LogP contribution in [0.3, 0.4) is 0 Å². The monoisotopic (exact) mass is 454 g/mol. The number of rotatable bonds is 6. The quantitative estimate of drug-likeness (QED) is 0.636. The molecule has 4 rings (SSSR count). The Hall–Kier alpha value is -2.67. The molecule has 1 aromatic carbocycles. The number of nitrogens with zero attached hydrogens (tertiary/aromatic N) is 1. The van der Waals surface area contributed by atoms with Gasteiger partial charge in [0.25, 0.3) is 5.91 Å². The molecular formula is C25H30N2O4S. The van der Waals surface area contributed by atoms with Gasteiger partial charge in [0.2, 0.25) is 5.91 Å². The number of amides is 2. The minimum absolute atomic E-state index is 0.159. The molecule has 0 spiro atoms. The fourth-order valence-electron chi connectivity index (χ4n) is 4.41. The van der Waals surface area contributed by atoms with Gasteiger partial charge in [0.15, 0.2) is 0 Å². The number of fused-ring (bicyclic) bond motifs is 1. The highest BCUT2D eigenvalue weighted by Gasteiger charge is 2.30. The van der Waals surface area contributed by atoms with Crippen LogP contribution in [0.15, 0.2) is 24.3 Å². The lowest BCUT2D eigenvalue weighted by molar-refractivity contribution is -0.128. The molecule has 1 unspecified atom stereocenters. The van der Waals surface area contributed by atoms with Gasteiger partial charge in [-0.1, -0.05) is 19.1 Å². The second-order valence-corrected chi connectivity index (χ2v) is 10.2. The van der Waals surface area contributed by atoms with Crippen molar-refractivity contribution in [3.63, 3.8) is 0 Å². The molecule has 170 valence electrons. The van der Waals surface area contributed by atoms with E-state index >= 15 is 0 Å². The Morgan fingerprint density at radius 3 is 2.81 bits per heavy atom. The molecule has 1 aromatic heterocycles. The van der Waals surface area contributed by atoms with E-state index in [9.17, 15) is 14.4 Å². The van der Waals surface area contributed by atoms with E-state index < -0.39 is 0 Å². The number of hydrogen-bond donors (Lipinski definition) is 1. The summed E-state index contributed by atoms with van der Waals surface area (Å²) in [5.41, 5.74) is 2.97. The molecule has 0 radical (unpaired) electrons. The molecule has 7 heteroatoms. The first kappa shape index (κ1) is 22.5. The maximum absolute atomic E-state index is 13.1. The summed E-state index contributed by atoms with van der Waals surface area (Å²) in [6.07, 6.45) is 4.01. The molecule has 2 aliphatic rings. The third-order valence-electron chi connectivity index (χ3n) is 6.02. The van der Waals surface area contributed by atoms with Gasteiger partial charge in [-0.3, -0.25) is 9.59 Å². The summed E-state index contributed by atoms with van der Waals surface area (Å²) < 4.78 is 5.50. The van der Waals surface area contributed by atoms with Crippen molar-refractivity contribution in [1.82, 2.24) is 4.90 Å². The number of benzene rings is 1. The molecular weight excluding hydrogens is 424 g/mol. The summed E-state index contributed by atoms with van der Waals surface area (Å²) in [4.78, 5) is 40.9. The highest BCUT2D eigenvalue weighted by Crippen LogP contribution is 2.40. The Bertz CT molecular complexity index is 1040. The number of esters is 1. The molecule has 0 saturated carbocycles. The zero-order valence-electron chi connectivity index (χ0n) is 18.9. The van der Waals surface area contributed by atoms with Gasteiger partial charge in [-0.2, -0.15) is 0 Å². The Labute approximate surface area is 192 Å². The molecule has 0 bridgehead atoms. The summed E-state index contributed by atoms with van der Waals surface area (Å²) in [5, 5.41) is 3.55. The van der Waals surface area contributed by atoms with E-state index in [1.54, 1.807) is 6.07 Å². The van der Waals surface area contributed by atoms with E-state index in [0.29, 0.717) is 35.0 Å². The van der Waals surface area contributed by atoms with Crippen LogP contribution in [-0.2, 0) is 28.9 Å². The lowest BCUT2D eigenvalue weighted by Gasteiger charge is -2.19. The van der Waals surface area contributed by atoms with Crippen LogP contribution in [0.25, 0.3) is 0 Å². The van der Waals surface area contributed by atoms with Gasteiger partial charge in [0, 0.05) is 30.0 Å². The average Bonchev–Trinajstić information content (AvgIpc) is 3.30. The maximum Gasteiger partial charge on any atom is 0.341 e. The Morgan fingerprint density at radius 1 is 1.28 bits per heavy atom. The van der Waals surface area contributed by atoms with Crippen molar-refractivity contribution in [2.75, 3.05) is 11.9 Å². The van der Waals surface area contributed by atoms with Gasteiger partial charge < -0.3 is 15.0 Å². The molecule has 2 heterocycles. The number of ether oxygens (including phenoxy) is 1. The average molecular weight is 455 g/mol. The van der Waals surface area contributed by atoms with Gasteiger partial charge in [-0.05, 0) is 68.7 Å². The summed E-state index contributed by atoms with van der Waals surface area (Å²) in [6.45, 7) is 7.14. The number of thiophene rings is 1. The third-order valence-corrected chi connectivity index (χ3v) is 7.19. The van der Waals surface area contributed by atoms with E-state index in [0.717, 1.165) is 48.2 Å². The highest BCUT2D eigenvalue weighted by atomic mass is 32.1. The van der Waals surface area contributed by atoms with Crippen molar-refractivity contribution in [3.05, 3.63) is 51.4 Å². The van der Waals surface area contributed by atoms with Crippen molar-refractivity contribution < 1.29 is 19.1 Å². The highest BCUT2D eigenvalue weighted by molar-refractivity contribution is 7.17. The zero-order chi connectivity index (χ0) is 22.8. The number of carbonyl (C=O) groups is 3. The maximum atomic E-state index is 13.1. The number of likely N-dealkylation sites (tertiary alicyclic amines) is 1. The van der Waals surface area contributed by atoms with Crippen molar-refractivity contribution >= 4 is 34.1 Å². The summed E-state index contributed by atoms with van der Waals surface area (Å²) >= 11 is 1.49. The second-order valence-electron chi connectivity index (χ2n) is 9.08. The van der Waals surface area contributed by atoms with Gasteiger partial charge in [0.05, 0.1) is 11.7 Å². The van der Waals surface area contributed by atoms with E-state index in [2.05, 4.69) is 12.2 Å². The topological polar surface area (TPSA) is 75.7 Å². The minimum atomic E-state index is -0.372. The molecule has 1 atom stereocenters. The molecule has 1 fully saturated rings. The van der Waals surface area contributed by atoms with Crippen LogP contribution in [0.2, 0.25) is 0 Å². The van der Waals surface area contributed by atoms with Gasteiger partial charge >= 0.3 is 5.97 Å². The van der Waals surface area contributed by atoms with Crippen LogP contribution >= 0.6 is 11.3 Å². The van der Waals surface area contributed by atoms with Gasteiger partial charge in [-0.25, -0.2) is 4.79 Å². The molecule has 2 amide bonds. The van der Waals surface area contributed by atoms with Crippen LogP contribution in [0.5, 0.6) is 0 Å². The Morgan fingerprint density at radius 2 is 2.09 bits per heavy atom. The zero-order valence-corrected chi connectivity index (χ0v) is 19.7. The van der Waals surface area contributed by atoms with Crippen molar-refractivity contribution in [2.24, 2.45) is 5.92 Å². The first-order valence-corrected chi connectivity index (χ1v) is 12.2. The normalized spacial score (nSPS) is 18.1. The standard InChI is InChI=1S/C25H30N2O4S/c1-15(2)31-25(30)22-19-10-9-16(3)12-20(19)32-24(22)26-23(29)18-7-4-6-17(13-18)14-27-11-5-8-21(27)28/h4,6-7,13,15-16H,5,8-12,14H2,1-3H3,(H,26,29). The van der Waals surface area contributed by atoms with Crippen LogP contribution in [0.4, 0.5) is 5.00 Å². The van der Waals surface area contributed by atoms with Crippen molar-refractivity contribution in [1.29, 1.82) is 0 Å². The van der Waals surface area contributed by atoms with Gasteiger partial charge in [-0.15, -0.1) is 11.3 Å². The SMILES string of the molecule is CC1CCc2c(sc(NC(=O)c3cccc(CN4CCCC4=O)c3)c2C(=O)OC(C)C)C1. The van der Waals surface area contributed by atoms with Crippen LogP contribution in [-0.4, -0.2) is 35.3 Å². The van der Waals surface area contributed by atoms with E-state index in [4.69, 9.17) is 4.74 Å².